The second kappa shape index (κ2) is 14.5. The van der Waals surface area contributed by atoms with Gasteiger partial charge < -0.3 is 24.7 Å². The lowest BCUT2D eigenvalue weighted by Crippen LogP contribution is -2.34. The first kappa shape index (κ1) is 25.4. The highest BCUT2D eigenvalue weighted by atomic mass is 16.9. The molecule has 0 fully saturated rings. The Labute approximate surface area is 163 Å². The summed E-state index contributed by atoms with van der Waals surface area (Å²) in [5.74, 6) is -1.43. The molecule has 0 aliphatic carbocycles. The van der Waals surface area contributed by atoms with Crippen LogP contribution in [0.1, 0.15) is 59.3 Å². The normalized spacial score (nSPS) is 12.7. The number of unbranched alkanes of at least 4 members (excludes halogenated alkanes) is 2. The Balaban J connectivity index is 4.01. The first-order chi connectivity index (χ1) is 13.1. The highest BCUT2D eigenvalue weighted by molar-refractivity contribution is 5.70. The molecule has 0 saturated heterocycles. The number of carboxylic acid groups (broad SMARTS) is 1. The van der Waals surface area contributed by atoms with E-state index in [0.717, 1.165) is 0 Å². The van der Waals surface area contributed by atoms with Crippen molar-refractivity contribution in [2.45, 2.75) is 65.6 Å². The van der Waals surface area contributed by atoms with Crippen molar-refractivity contribution in [1.29, 1.82) is 0 Å². The van der Waals surface area contributed by atoms with Crippen molar-refractivity contribution in [2.75, 3.05) is 13.2 Å². The number of hydrogen-bond acceptors (Lipinski definition) is 8. The molecule has 0 spiro atoms. The van der Waals surface area contributed by atoms with Gasteiger partial charge in [0.15, 0.2) is 0 Å². The van der Waals surface area contributed by atoms with Crippen LogP contribution in [0.4, 0.5) is 4.79 Å². The number of carbonyl (C=O) groups excluding carboxylic acids is 2. The molecule has 11 heteroatoms. The van der Waals surface area contributed by atoms with Crippen LogP contribution in [0, 0.1) is 22.0 Å². The van der Waals surface area contributed by atoms with Crippen molar-refractivity contribution < 1.29 is 38.9 Å². The minimum Gasteiger partial charge on any atom is -0.481 e. The van der Waals surface area contributed by atoms with Gasteiger partial charge in [-0.3, -0.25) is 9.59 Å². The van der Waals surface area contributed by atoms with Crippen LogP contribution < -0.4 is 5.32 Å². The summed E-state index contributed by atoms with van der Waals surface area (Å²) in [5.41, 5.74) is 0. The molecule has 28 heavy (non-hydrogen) atoms. The number of alkyl carbamates (subject to hydrolysis) is 1. The SMILES string of the molecule is CC(C)C[C@H](CNC(=O)OC(C)OC(=O)CCCCCO[N+](=O)[O-])CC(=O)O. The van der Waals surface area contributed by atoms with Crippen molar-refractivity contribution >= 4 is 18.0 Å². The number of aliphatic carboxylic acids is 1. The van der Waals surface area contributed by atoms with E-state index in [9.17, 15) is 24.5 Å². The monoisotopic (exact) mass is 406 g/mol. The average molecular weight is 406 g/mol. The highest BCUT2D eigenvalue weighted by Crippen LogP contribution is 2.15. The molecule has 11 nitrogen and oxygen atoms in total. The summed E-state index contributed by atoms with van der Waals surface area (Å²) in [6.45, 7) is 5.44. The van der Waals surface area contributed by atoms with E-state index in [1.54, 1.807) is 0 Å². The summed E-state index contributed by atoms with van der Waals surface area (Å²) in [6.07, 6.45) is 0.244. The number of ether oxygens (including phenoxy) is 2. The van der Waals surface area contributed by atoms with Crippen molar-refractivity contribution in [1.82, 2.24) is 5.32 Å². The van der Waals surface area contributed by atoms with Crippen LogP contribution >= 0.6 is 0 Å². The fourth-order valence-corrected chi connectivity index (χ4v) is 2.53. The van der Waals surface area contributed by atoms with E-state index in [2.05, 4.69) is 10.2 Å². The van der Waals surface area contributed by atoms with Crippen LogP contribution in [-0.2, 0) is 23.9 Å². The third kappa shape index (κ3) is 15.6. The molecular weight excluding hydrogens is 376 g/mol. The van der Waals surface area contributed by atoms with Crippen molar-refractivity contribution in [3.05, 3.63) is 10.1 Å². The Kier molecular flexibility index (Phi) is 13.1. The minimum absolute atomic E-state index is 0.0264. The summed E-state index contributed by atoms with van der Waals surface area (Å²) < 4.78 is 9.86. The fourth-order valence-electron chi connectivity index (χ4n) is 2.53. The number of carboxylic acids is 1. The zero-order valence-corrected chi connectivity index (χ0v) is 16.5. The van der Waals surface area contributed by atoms with Crippen LogP contribution in [0.25, 0.3) is 0 Å². The Morgan fingerprint density at radius 1 is 1.11 bits per heavy atom. The lowest BCUT2D eigenvalue weighted by molar-refractivity contribution is -0.757. The van der Waals surface area contributed by atoms with Gasteiger partial charge in [0, 0.05) is 26.3 Å². The van der Waals surface area contributed by atoms with Gasteiger partial charge in [-0.15, -0.1) is 10.1 Å². The molecule has 0 rings (SSSR count). The number of nitrogens with zero attached hydrogens (tertiary/aromatic N) is 1. The quantitative estimate of drug-likeness (QED) is 0.137. The van der Waals surface area contributed by atoms with E-state index in [1.165, 1.54) is 6.92 Å². The molecule has 0 aromatic rings. The molecule has 0 heterocycles. The lowest BCUT2D eigenvalue weighted by Gasteiger charge is -2.19. The standard InChI is InChI=1S/C17H30N2O9/c1-12(2)9-14(10-15(20)21)11-18-17(23)28-13(3)27-16(22)7-5-4-6-8-26-19(24)25/h12-14H,4-11H2,1-3H3,(H,18,23)(H,20,21)/t13?,14-/m0/s1. The number of esters is 1. The predicted molar refractivity (Wildman–Crippen MR) is 96.6 cm³/mol. The van der Waals surface area contributed by atoms with Crippen molar-refractivity contribution in [3.63, 3.8) is 0 Å². The van der Waals surface area contributed by atoms with Gasteiger partial charge >= 0.3 is 18.0 Å². The summed E-state index contributed by atoms with van der Waals surface area (Å²) in [5, 5.41) is 20.5. The molecule has 1 unspecified atom stereocenters. The first-order valence-corrected chi connectivity index (χ1v) is 9.23. The first-order valence-electron chi connectivity index (χ1n) is 9.23. The molecule has 0 aromatic heterocycles. The lowest BCUT2D eigenvalue weighted by atomic mass is 9.94. The van der Waals surface area contributed by atoms with E-state index >= 15 is 0 Å². The largest absolute Gasteiger partial charge is 0.481 e. The van der Waals surface area contributed by atoms with E-state index in [-0.39, 0.29) is 37.8 Å². The summed E-state index contributed by atoms with van der Waals surface area (Å²) in [4.78, 5) is 48.4. The minimum atomic E-state index is -1.09. The molecule has 0 bridgehead atoms. The molecule has 162 valence electrons. The van der Waals surface area contributed by atoms with E-state index < -0.39 is 29.4 Å². The number of hydrogen-bond donors (Lipinski definition) is 2. The van der Waals surface area contributed by atoms with Crippen LogP contribution in [0.15, 0.2) is 0 Å². The topological polar surface area (TPSA) is 154 Å². The molecule has 1 amide bonds. The molecule has 0 saturated carbocycles. The van der Waals surface area contributed by atoms with Gasteiger partial charge in [0.05, 0.1) is 6.61 Å². The fraction of sp³-hybridized carbons (Fsp3) is 0.824. The van der Waals surface area contributed by atoms with Crippen LogP contribution in [-0.4, -0.2) is 47.7 Å². The second-order valence-corrected chi connectivity index (χ2v) is 6.80. The smallest absolute Gasteiger partial charge is 0.410 e. The predicted octanol–water partition coefficient (Wildman–Crippen LogP) is 2.51. The molecule has 0 aliphatic rings. The Bertz CT molecular complexity index is 511. The van der Waals surface area contributed by atoms with Crippen LogP contribution in [0.2, 0.25) is 0 Å². The van der Waals surface area contributed by atoms with Gasteiger partial charge in [0.1, 0.15) is 0 Å². The van der Waals surface area contributed by atoms with Gasteiger partial charge in [0.25, 0.3) is 5.09 Å². The molecule has 2 atom stereocenters. The molecule has 0 aliphatic heterocycles. The van der Waals surface area contributed by atoms with Gasteiger partial charge in [-0.25, -0.2) is 4.79 Å². The maximum absolute atomic E-state index is 11.8. The zero-order chi connectivity index (χ0) is 21.5. The molecule has 0 aromatic carbocycles. The van der Waals surface area contributed by atoms with E-state index in [0.29, 0.717) is 25.7 Å². The summed E-state index contributed by atoms with van der Waals surface area (Å²) in [7, 11) is 0. The maximum atomic E-state index is 11.8. The van der Waals surface area contributed by atoms with Crippen LogP contribution in [0.5, 0.6) is 0 Å². The van der Waals surface area contributed by atoms with Gasteiger partial charge in [-0.1, -0.05) is 20.3 Å². The molecular formula is C17H30N2O9. The summed E-state index contributed by atoms with van der Waals surface area (Å²) in [6, 6.07) is 0. The Hall–Kier alpha value is -2.59. The Morgan fingerprint density at radius 3 is 2.36 bits per heavy atom. The average Bonchev–Trinajstić information content (AvgIpc) is 2.54. The van der Waals surface area contributed by atoms with E-state index in [4.69, 9.17) is 14.6 Å². The number of amides is 1. The van der Waals surface area contributed by atoms with Crippen molar-refractivity contribution in [3.8, 4) is 0 Å². The van der Waals surface area contributed by atoms with Gasteiger partial charge in [0.2, 0.25) is 6.29 Å². The number of carbonyl (C=O) groups is 3. The van der Waals surface area contributed by atoms with E-state index in [1.807, 2.05) is 13.8 Å². The zero-order valence-electron chi connectivity index (χ0n) is 16.5. The number of nitrogens with one attached hydrogen (secondary N) is 1. The molecule has 0 radical (unpaired) electrons. The molecule has 2 N–H and O–H groups in total. The summed E-state index contributed by atoms with van der Waals surface area (Å²) >= 11 is 0. The van der Waals surface area contributed by atoms with Crippen molar-refractivity contribution in [2.24, 2.45) is 11.8 Å². The van der Waals surface area contributed by atoms with Crippen LogP contribution in [0.3, 0.4) is 0 Å². The van der Waals surface area contributed by atoms with Gasteiger partial charge in [-0.05, 0) is 31.1 Å². The highest BCUT2D eigenvalue weighted by Gasteiger charge is 2.18. The Morgan fingerprint density at radius 2 is 1.79 bits per heavy atom. The van der Waals surface area contributed by atoms with Gasteiger partial charge in [-0.2, -0.15) is 0 Å². The maximum Gasteiger partial charge on any atom is 0.410 e. The number of rotatable bonds is 15. The second-order valence-electron chi connectivity index (χ2n) is 6.80. The third-order valence-electron chi connectivity index (χ3n) is 3.60. The third-order valence-corrected chi connectivity index (χ3v) is 3.60.